The van der Waals surface area contributed by atoms with Gasteiger partial charge in [0, 0.05) is 17.5 Å². The van der Waals surface area contributed by atoms with Gasteiger partial charge in [-0.25, -0.2) is 0 Å². The molecule has 1 aliphatic heterocycles. The highest BCUT2D eigenvalue weighted by Gasteiger charge is 2.34. The molecule has 114 valence electrons. The third-order valence-electron chi connectivity index (χ3n) is 3.78. The largest absolute Gasteiger partial charge is 0.401 e. The van der Waals surface area contributed by atoms with E-state index in [1.165, 1.54) is 15.3 Å². The van der Waals surface area contributed by atoms with Crippen molar-refractivity contribution in [1.29, 1.82) is 0 Å². The molecule has 1 saturated heterocycles. The molecule has 1 fully saturated rings. The molecule has 6 heteroatoms. The number of alkyl halides is 3. The molecule has 2 nitrogen and oxygen atoms in total. The maximum atomic E-state index is 12.3. The molecule has 20 heavy (non-hydrogen) atoms. The Labute approximate surface area is 122 Å². The molecule has 1 aromatic heterocycles. The molecule has 2 heterocycles. The highest BCUT2D eigenvalue weighted by molar-refractivity contribution is 7.10. The molecule has 0 saturated carbocycles. The Bertz CT molecular complexity index is 430. The minimum Gasteiger partial charge on any atom is -0.309 e. The van der Waals surface area contributed by atoms with Crippen LogP contribution in [-0.4, -0.2) is 37.3 Å². The summed E-state index contributed by atoms with van der Waals surface area (Å²) >= 11 is 1.73. The molecule has 1 aromatic rings. The van der Waals surface area contributed by atoms with E-state index in [9.17, 15) is 13.2 Å². The number of aryl methyl sites for hydroxylation is 1. The Hall–Kier alpha value is -0.590. The van der Waals surface area contributed by atoms with Gasteiger partial charge in [0.1, 0.15) is 0 Å². The van der Waals surface area contributed by atoms with Crippen LogP contribution in [0.25, 0.3) is 0 Å². The number of thiophene rings is 1. The normalized spacial score (nSPS) is 22.4. The monoisotopic (exact) mass is 306 g/mol. The van der Waals surface area contributed by atoms with Gasteiger partial charge in [0.05, 0.1) is 6.54 Å². The van der Waals surface area contributed by atoms with Crippen molar-refractivity contribution >= 4 is 11.3 Å². The number of nitrogens with one attached hydrogen (secondary N) is 1. The zero-order valence-corrected chi connectivity index (χ0v) is 12.7. The van der Waals surface area contributed by atoms with E-state index in [1.54, 1.807) is 11.3 Å². The Balaban J connectivity index is 1.75. The lowest BCUT2D eigenvalue weighted by atomic mass is 10.1. The first-order valence-corrected chi connectivity index (χ1v) is 7.79. The predicted octanol–water partition coefficient (Wildman–Crippen LogP) is 3.59. The Morgan fingerprint density at radius 3 is 2.85 bits per heavy atom. The van der Waals surface area contributed by atoms with Gasteiger partial charge in [-0.3, -0.25) is 4.90 Å². The maximum absolute atomic E-state index is 12.3. The van der Waals surface area contributed by atoms with E-state index in [1.807, 2.05) is 0 Å². The minimum absolute atomic E-state index is 0.270. The molecule has 0 spiro atoms. The van der Waals surface area contributed by atoms with Gasteiger partial charge in [0.2, 0.25) is 0 Å². The fraction of sp³-hybridized carbons (Fsp3) is 0.714. The van der Waals surface area contributed by atoms with Crippen LogP contribution in [0.1, 0.15) is 29.8 Å². The zero-order chi connectivity index (χ0) is 14.8. The Morgan fingerprint density at radius 2 is 2.25 bits per heavy atom. The second-order valence-electron chi connectivity index (χ2n) is 5.60. The van der Waals surface area contributed by atoms with Gasteiger partial charge in [-0.1, -0.05) is 0 Å². The topological polar surface area (TPSA) is 15.3 Å². The molecule has 0 aliphatic carbocycles. The van der Waals surface area contributed by atoms with Crippen LogP contribution in [-0.2, 0) is 0 Å². The van der Waals surface area contributed by atoms with Crippen LogP contribution in [0, 0.1) is 12.8 Å². The number of nitrogens with zero attached hydrogens (tertiary/aromatic N) is 1. The van der Waals surface area contributed by atoms with Crippen molar-refractivity contribution in [3.63, 3.8) is 0 Å². The molecule has 0 amide bonds. The van der Waals surface area contributed by atoms with E-state index in [0.717, 1.165) is 13.0 Å². The Kier molecular flexibility index (Phi) is 5.09. The quantitative estimate of drug-likeness (QED) is 0.894. The average molecular weight is 306 g/mol. The van der Waals surface area contributed by atoms with Crippen molar-refractivity contribution in [3.8, 4) is 0 Å². The lowest BCUT2D eigenvalue weighted by molar-refractivity contribution is -0.143. The number of hydrogen-bond acceptors (Lipinski definition) is 3. The van der Waals surface area contributed by atoms with Crippen LogP contribution in [0.4, 0.5) is 13.2 Å². The molecular weight excluding hydrogens is 285 g/mol. The van der Waals surface area contributed by atoms with Crippen LogP contribution in [0.5, 0.6) is 0 Å². The van der Waals surface area contributed by atoms with Crippen LogP contribution in [0.15, 0.2) is 11.4 Å². The van der Waals surface area contributed by atoms with Crippen LogP contribution in [0.3, 0.4) is 0 Å². The third-order valence-corrected chi connectivity index (χ3v) is 4.98. The second-order valence-corrected chi connectivity index (χ2v) is 6.55. The molecule has 0 radical (unpaired) electrons. The van der Waals surface area contributed by atoms with Gasteiger partial charge in [-0.2, -0.15) is 13.2 Å². The standard InChI is InChI=1S/C14H21F3N2S/c1-10-4-6-20-13(10)11(2)18-7-12-3-5-19(8-12)9-14(15,16)17/h4,6,11-12,18H,3,5,7-9H2,1-2H3. The summed E-state index contributed by atoms with van der Waals surface area (Å²) in [4.78, 5) is 2.82. The van der Waals surface area contributed by atoms with E-state index < -0.39 is 12.7 Å². The molecule has 1 aliphatic rings. The molecule has 2 atom stereocenters. The Morgan fingerprint density at radius 1 is 1.50 bits per heavy atom. The van der Waals surface area contributed by atoms with Crippen molar-refractivity contribution in [2.45, 2.75) is 32.5 Å². The molecular formula is C14H21F3N2S. The summed E-state index contributed by atoms with van der Waals surface area (Å²) in [5.74, 6) is 0.320. The van der Waals surface area contributed by atoms with Gasteiger partial charge in [-0.15, -0.1) is 11.3 Å². The van der Waals surface area contributed by atoms with Gasteiger partial charge in [0.15, 0.2) is 0 Å². The van der Waals surface area contributed by atoms with E-state index in [4.69, 9.17) is 0 Å². The van der Waals surface area contributed by atoms with Gasteiger partial charge in [-0.05, 0) is 56.3 Å². The molecule has 2 rings (SSSR count). The summed E-state index contributed by atoms with van der Waals surface area (Å²) in [5.41, 5.74) is 1.28. The van der Waals surface area contributed by atoms with Crippen molar-refractivity contribution < 1.29 is 13.2 Å². The van der Waals surface area contributed by atoms with E-state index in [2.05, 4.69) is 30.6 Å². The summed E-state index contributed by atoms with van der Waals surface area (Å²) < 4.78 is 37.0. The van der Waals surface area contributed by atoms with Crippen LogP contribution < -0.4 is 5.32 Å². The SMILES string of the molecule is Cc1ccsc1C(C)NCC1CCN(CC(F)(F)F)C1. The fourth-order valence-electron chi connectivity index (χ4n) is 2.74. The number of rotatable bonds is 5. The number of hydrogen-bond donors (Lipinski definition) is 1. The first-order valence-electron chi connectivity index (χ1n) is 6.91. The van der Waals surface area contributed by atoms with Crippen LogP contribution >= 0.6 is 11.3 Å². The highest BCUT2D eigenvalue weighted by Crippen LogP contribution is 2.25. The minimum atomic E-state index is -4.08. The van der Waals surface area contributed by atoms with Crippen molar-refractivity contribution in [2.75, 3.05) is 26.2 Å². The van der Waals surface area contributed by atoms with Crippen LogP contribution in [0.2, 0.25) is 0 Å². The molecule has 2 unspecified atom stereocenters. The summed E-state index contributed by atoms with van der Waals surface area (Å²) in [7, 11) is 0. The number of likely N-dealkylation sites (tertiary alicyclic amines) is 1. The van der Waals surface area contributed by atoms with Gasteiger partial charge < -0.3 is 5.32 Å². The highest BCUT2D eigenvalue weighted by atomic mass is 32.1. The van der Waals surface area contributed by atoms with Gasteiger partial charge in [0.25, 0.3) is 0 Å². The molecule has 0 bridgehead atoms. The predicted molar refractivity (Wildman–Crippen MR) is 76.1 cm³/mol. The first kappa shape index (κ1) is 15.8. The summed E-state index contributed by atoms with van der Waals surface area (Å²) in [6.45, 7) is 5.31. The number of halogens is 3. The molecule has 1 N–H and O–H groups in total. The second kappa shape index (κ2) is 6.45. The van der Waals surface area contributed by atoms with E-state index >= 15 is 0 Å². The first-order chi connectivity index (χ1) is 9.35. The third kappa shape index (κ3) is 4.46. The fourth-order valence-corrected chi connectivity index (χ4v) is 3.70. The van der Waals surface area contributed by atoms with E-state index in [-0.39, 0.29) is 6.04 Å². The van der Waals surface area contributed by atoms with E-state index in [0.29, 0.717) is 19.0 Å². The molecule has 0 aromatic carbocycles. The zero-order valence-electron chi connectivity index (χ0n) is 11.8. The average Bonchev–Trinajstić information content (AvgIpc) is 2.93. The summed E-state index contributed by atoms with van der Waals surface area (Å²) in [6, 6.07) is 2.37. The lowest BCUT2D eigenvalue weighted by Gasteiger charge is -2.19. The van der Waals surface area contributed by atoms with Crippen molar-refractivity contribution in [3.05, 3.63) is 21.9 Å². The van der Waals surface area contributed by atoms with Crippen molar-refractivity contribution in [2.24, 2.45) is 5.92 Å². The maximum Gasteiger partial charge on any atom is 0.401 e. The summed E-state index contributed by atoms with van der Waals surface area (Å²) in [6.07, 6.45) is -3.23. The van der Waals surface area contributed by atoms with Gasteiger partial charge >= 0.3 is 6.18 Å². The smallest absolute Gasteiger partial charge is 0.309 e. The summed E-state index contributed by atoms with van der Waals surface area (Å²) in [5, 5.41) is 5.53. The lowest BCUT2D eigenvalue weighted by Crippen LogP contribution is -2.34. The van der Waals surface area contributed by atoms with Crippen molar-refractivity contribution in [1.82, 2.24) is 10.2 Å².